The molecule has 2 aliphatic rings. The highest BCUT2D eigenvalue weighted by atomic mass is 32.1. The number of carbonyl (C=O) groups excluding carboxylic acids is 2. The zero-order valence-corrected chi connectivity index (χ0v) is 20.6. The number of thiophene rings is 1. The Morgan fingerprint density at radius 1 is 1.34 bits per heavy atom. The van der Waals surface area contributed by atoms with Crippen molar-refractivity contribution >= 4 is 28.9 Å². The van der Waals surface area contributed by atoms with E-state index in [0.717, 1.165) is 30.6 Å². The third-order valence-corrected chi connectivity index (χ3v) is 7.28. The van der Waals surface area contributed by atoms with Gasteiger partial charge in [-0.1, -0.05) is 31.1 Å². The topological polar surface area (TPSA) is 76.1 Å². The van der Waals surface area contributed by atoms with Crippen molar-refractivity contribution in [3.63, 3.8) is 0 Å². The lowest BCUT2D eigenvalue weighted by molar-refractivity contribution is -0.155. The van der Waals surface area contributed by atoms with Crippen molar-refractivity contribution in [3.8, 4) is 11.8 Å². The first-order valence-corrected chi connectivity index (χ1v) is 12.2. The van der Waals surface area contributed by atoms with Gasteiger partial charge in [-0.15, -0.1) is 11.3 Å². The summed E-state index contributed by atoms with van der Waals surface area (Å²) in [5.41, 5.74) is -0.769. The smallest absolute Gasteiger partial charge is 0.350 e. The molecule has 2 heterocycles. The van der Waals surface area contributed by atoms with Crippen LogP contribution in [0.25, 0.3) is 0 Å². The molecule has 32 heavy (non-hydrogen) atoms. The minimum Gasteiger partial charge on any atom is -0.465 e. The number of aliphatic hydroxyl groups is 1. The first-order chi connectivity index (χ1) is 15.1. The molecule has 7 heteroatoms. The van der Waals surface area contributed by atoms with Crippen LogP contribution in [0.3, 0.4) is 0 Å². The molecule has 0 spiro atoms. The maximum Gasteiger partial charge on any atom is 0.350 e. The molecule has 0 unspecified atom stereocenters. The zero-order valence-electron chi connectivity index (χ0n) is 19.8. The van der Waals surface area contributed by atoms with Crippen LogP contribution in [0.2, 0.25) is 0 Å². The first kappa shape index (κ1) is 24.8. The second-order valence-electron chi connectivity index (χ2n) is 9.97. The number of morpholine rings is 1. The number of nitrogens with zero attached hydrogens (tertiary/aromatic N) is 1. The molecule has 0 radical (unpaired) electrons. The molecule has 1 N–H and O–H groups in total. The normalized spacial score (nSPS) is 24.8. The summed E-state index contributed by atoms with van der Waals surface area (Å²) in [5.74, 6) is 6.00. The van der Waals surface area contributed by atoms with Gasteiger partial charge in [0.25, 0.3) is 5.91 Å². The summed E-state index contributed by atoms with van der Waals surface area (Å²) in [4.78, 5) is 29.4. The fourth-order valence-corrected chi connectivity index (χ4v) is 5.39. The number of hydrogen-bond acceptors (Lipinski definition) is 6. The van der Waals surface area contributed by atoms with Crippen LogP contribution >= 0.6 is 11.3 Å². The van der Waals surface area contributed by atoms with Crippen LogP contribution in [0.1, 0.15) is 80.8 Å². The Morgan fingerprint density at radius 2 is 2.03 bits per heavy atom. The van der Waals surface area contributed by atoms with E-state index in [-0.39, 0.29) is 30.4 Å². The number of ether oxygens (including phenoxy) is 2. The minimum atomic E-state index is -1.13. The van der Waals surface area contributed by atoms with Crippen LogP contribution < -0.4 is 4.90 Å². The number of esters is 1. The van der Waals surface area contributed by atoms with E-state index in [9.17, 15) is 14.7 Å². The minimum absolute atomic E-state index is 0.153. The Morgan fingerprint density at radius 3 is 2.62 bits per heavy atom. The van der Waals surface area contributed by atoms with Crippen molar-refractivity contribution < 1.29 is 24.2 Å². The van der Waals surface area contributed by atoms with Crippen LogP contribution in [-0.2, 0) is 14.3 Å². The highest BCUT2D eigenvalue weighted by Gasteiger charge is 2.48. The predicted octanol–water partition coefficient (Wildman–Crippen LogP) is 4.39. The van der Waals surface area contributed by atoms with E-state index in [1.165, 1.54) is 24.9 Å². The van der Waals surface area contributed by atoms with Crippen molar-refractivity contribution in [2.24, 2.45) is 11.3 Å². The van der Waals surface area contributed by atoms with Crippen LogP contribution in [-0.4, -0.2) is 48.9 Å². The molecule has 6 nitrogen and oxygen atoms in total. The summed E-state index contributed by atoms with van der Waals surface area (Å²) < 4.78 is 11.1. The predicted molar refractivity (Wildman–Crippen MR) is 126 cm³/mol. The Balaban J connectivity index is 2.10. The number of carbonyl (C=O) groups is 2. The zero-order chi connectivity index (χ0) is 23.5. The summed E-state index contributed by atoms with van der Waals surface area (Å²) in [6.45, 7) is 8.04. The second-order valence-corrected chi connectivity index (χ2v) is 11.0. The molecule has 2 atom stereocenters. The second kappa shape index (κ2) is 9.94. The van der Waals surface area contributed by atoms with Gasteiger partial charge >= 0.3 is 5.97 Å². The van der Waals surface area contributed by atoms with E-state index in [2.05, 4.69) is 11.8 Å². The van der Waals surface area contributed by atoms with E-state index >= 15 is 0 Å². The number of aliphatic hydroxyl groups excluding tert-OH is 1. The number of anilines is 1. The van der Waals surface area contributed by atoms with Gasteiger partial charge < -0.3 is 19.5 Å². The first-order valence-electron chi connectivity index (χ1n) is 11.4. The molecule has 1 aromatic heterocycles. The average molecular weight is 462 g/mol. The molecular formula is C25H35NO5S. The van der Waals surface area contributed by atoms with Crippen LogP contribution in [0.5, 0.6) is 0 Å². The van der Waals surface area contributed by atoms with Crippen molar-refractivity contribution in [3.05, 3.63) is 15.8 Å². The van der Waals surface area contributed by atoms with Gasteiger partial charge in [0.05, 0.1) is 30.3 Å². The largest absolute Gasteiger partial charge is 0.465 e. The molecule has 176 valence electrons. The summed E-state index contributed by atoms with van der Waals surface area (Å²) >= 11 is 1.26. The highest BCUT2D eigenvalue weighted by molar-refractivity contribution is 7.15. The molecule has 1 aliphatic heterocycles. The molecular weight excluding hydrogens is 426 g/mol. The summed E-state index contributed by atoms with van der Waals surface area (Å²) in [6.07, 6.45) is 5.73. The van der Waals surface area contributed by atoms with Crippen LogP contribution in [0.15, 0.2) is 6.07 Å². The third-order valence-electron chi connectivity index (χ3n) is 6.26. The summed E-state index contributed by atoms with van der Waals surface area (Å²) in [6, 6.07) is 1.68. The fourth-order valence-electron chi connectivity index (χ4n) is 4.47. The standard InChI is InChI=1S/C25H35NO5S/c1-24(2,3)12-11-18-15-19(21(32-18)22(28)30-5)26-20(17-9-7-6-8-10-17)16-31-25(4,13-14-27)23(26)29/h15,17,20,27H,6-10,13-14,16H2,1-5H3/t20-,25+/m0/s1. The maximum atomic E-state index is 13.8. The molecule has 1 saturated heterocycles. The number of amides is 1. The quantitative estimate of drug-likeness (QED) is 0.520. The molecule has 0 aromatic carbocycles. The lowest BCUT2D eigenvalue weighted by atomic mass is 9.81. The van der Waals surface area contributed by atoms with Gasteiger partial charge in [-0.3, -0.25) is 4.79 Å². The molecule has 2 fully saturated rings. The van der Waals surface area contributed by atoms with Crippen LogP contribution in [0, 0.1) is 23.2 Å². The number of hydrogen-bond donors (Lipinski definition) is 1. The SMILES string of the molecule is COC(=O)c1sc(C#CC(C)(C)C)cc1N1C(=O)[C@@](C)(CCO)OC[C@H]1C1CCCCC1. The van der Waals surface area contributed by atoms with Gasteiger partial charge in [-0.25, -0.2) is 4.79 Å². The molecule has 1 amide bonds. The maximum absolute atomic E-state index is 13.8. The van der Waals surface area contributed by atoms with Crippen molar-refractivity contribution in [2.75, 3.05) is 25.2 Å². The van der Waals surface area contributed by atoms with Crippen molar-refractivity contribution in [1.29, 1.82) is 0 Å². The Bertz CT molecular complexity index is 900. The van der Waals surface area contributed by atoms with Gasteiger partial charge in [0, 0.05) is 18.4 Å². The third kappa shape index (κ3) is 5.36. The number of rotatable bonds is 5. The summed E-state index contributed by atoms with van der Waals surface area (Å²) in [7, 11) is 1.35. The van der Waals surface area contributed by atoms with Gasteiger partial charge in [0.1, 0.15) is 10.5 Å². The molecule has 1 aliphatic carbocycles. The molecule has 1 saturated carbocycles. The van der Waals surface area contributed by atoms with E-state index < -0.39 is 11.6 Å². The Hall–Kier alpha value is -1.88. The summed E-state index contributed by atoms with van der Waals surface area (Å²) in [5, 5.41) is 9.56. The van der Waals surface area contributed by atoms with Gasteiger partial charge in [-0.05, 0) is 52.5 Å². The van der Waals surface area contributed by atoms with E-state index in [4.69, 9.17) is 9.47 Å². The van der Waals surface area contributed by atoms with Gasteiger partial charge in [-0.2, -0.15) is 0 Å². The monoisotopic (exact) mass is 461 g/mol. The lowest BCUT2D eigenvalue weighted by Gasteiger charge is -2.47. The van der Waals surface area contributed by atoms with Gasteiger partial charge in [0.15, 0.2) is 0 Å². The molecule has 0 bridgehead atoms. The van der Waals surface area contributed by atoms with Crippen molar-refractivity contribution in [2.45, 2.75) is 77.9 Å². The molecule has 3 rings (SSSR count). The average Bonchev–Trinajstić information content (AvgIpc) is 3.18. The Kier molecular flexibility index (Phi) is 7.69. The Labute approximate surface area is 195 Å². The van der Waals surface area contributed by atoms with E-state index in [0.29, 0.717) is 23.1 Å². The van der Waals surface area contributed by atoms with E-state index in [1.54, 1.807) is 11.8 Å². The van der Waals surface area contributed by atoms with E-state index in [1.807, 2.05) is 26.8 Å². The lowest BCUT2D eigenvalue weighted by Crippen LogP contribution is -2.62. The highest BCUT2D eigenvalue weighted by Crippen LogP contribution is 2.41. The van der Waals surface area contributed by atoms with Crippen molar-refractivity contribution in [1.82, 2.24) is 0 Å². The fraction of sp³-hybridized carbons (Fsp3) is 0.680. The van der Waals surface area contributed by atoms with Crippen LogP contribution in [0.4, 0.5) is 5.69 Å². The number of methoxy groups -OCH3 is 1. The molecule has 1 aromatic rings. The van der Waals surface area contributed by atoms with Gasteiger partial charge in [0.2, 0.25) is 0 Å².